The van der Waals surface area contributed by atoms with Crippen molar-refractivity contribution in [3.05, 3.63) is 23.3 Å². The smallest absolute Gasteiger partial charge is 0.226 e. The summed E-state index contributed by atoms with van der Waals surface area (Å²) in [5.74, 6) is 2.57. The Morgan fingerprint density at radius 3 is 2.36 bits per heavy atom. The van der Waals surface area contributed by atoms with Gasteiger partial charge in [-0.15, -0.1) is 6.42 Å². The number of nitrogens with one attached hydrogen (secondary N) is 1. The quantitative estimate of drug-likeness (QED) is 0.448. The molecule has 0 aliphatic heterocycles. The lowest BCUT2D eigenvalue weighted by Gasteiger charge is -2.69. The van der Waals surface area contributed by atoms with Crippen molar-refractivity contribution in [2.75, 3.05) is 6.54 Å². The number of carbonyl (C=O) groups excluding carboxylic acids is 3. The van der Waals surface area contributed by atoms with E-state index in [1.165, 1.54) is 0 Å². The van der Waals surface area contributed by atoms with Crippen LogP contribution in [0.5, 0.6) is 0 Å². The van der Waals surface area contributed by atoms with Gasteiger partial charge in [-0.2, -0.15) is 5.26 Å². The van der Waals surface area contributed by atoms with Crippen molar-refractivity contribution in [2.24, 2.45) is 50.2 Å². The van der Waals surface area contributed by atoms with Crippen LogP contribution in [0.25, 0.3) is 0 Å². The van der Waals surface area contributed by atoms with Crippen LogP contribution in [0, 0.1) is 73.9 Å². The van der Waals surface area contributed by atoms with Crippen molar-refractivity contribution < 1.29 is 14.4 Å². The van der Waals surface area contributed by atoms with Crippen molar-refractivity contribution >= 4 is 17.5 Å². The van der Waals surface area contributed by atoms with E-state index in [0.717, 1.165) is 44.1 Å². The van der Waals surface area contributed by atoms with Gasteiger partial charge in [-0.25, -0.2) is 0 Å². The predicted octanol–water partition coefficient (Wildman–Crippen LogP) is 5.96. The molecule has 1 amide bonds. The highest BCUT2D eigenvalue weighted by Gasteiger charge is 2.69. The molecule has 5 rings (SSSR count). The standard InChI is InChI=1S/C34H44N2O3/c1-9-16-36-28(39)31(5)13-12-30(4)14-15-34(8)26(22(30)19-31)23(37)17-25-32(6)18-21(20-35)27(38)29(2,3)24(32)10-11-33(25,34)7/h1,17-18,22,24,26H,10-16,19H2,2-8H3,(H,36,39)/t22-,24-,26-,30+,31-,32-,33+,34+/m0/s1. The SMILES string of the molecule is C#CCNC(=O)[C@@]1(C)CC[C@]2(C)CC[C@]3(C)[C@H](C(=O)C=C4[C@@]5(C)C=C(C#N)C(=O)C(C)(C)[C@@H]5CC[C@]43C)[C@@H]2C1. The summed E-state index contributed by atoms with van der Waals surface area (Å²) in [6.45, 7) is 15.4. The van der Waals surface area contributed by atoms with Crippen LogP contribution in [0.1, 0.15) is 93.4 Å². The molecule has 0 heterocycles. The molecule has 5 heteroatoms. The first-order valence-electron chi connectivity index (χ1n) is 14.7. The summed E-state index contributed by atoms with van der Waals surface area (Å²) in [6.07, 6.45) is 15.4. The van der Waals surface area contributed by atoms with Crippen molar-refractivity contribution in [1.82, 2.24) is 5.32 Å². The van der Waals surface area contributed by atoms with Crippen LogP contribution in [0.15, 0.2) is 23.3 Å². The van der Waals surface area contributed by atoms with Gasteiger partial charge in [0.1, 0.15) is 6.07 Å². The van der Waals surface area contributed by atoms with Crippen molar-refractivity contribution in [2.45, 2.75) is 93.4 Å². The molecular formula is C34H44N2O3. The Labute approximate surface area is 234 Å². The molecule has 0 unspecified atom stereocenters. The maximum absolute atomic E-state index is 14.4. The van der Waals surface area contributed by atoms with Crippen molar-refractivity contribution in [3.63, 3.8) is 0 Å². The number of ketones is 2. The first-order chi connectivity index (χ1) is 18.0. The minimum atomic E-state index is -0.667. The summed E-state index contributed by atoms with van der Waals surface area (Å²) < 4.78 is 0. The van der Waals surface area contributed by atoms with Crippen LogP contribution in [-0.2, 0) is 14.4 Å². The molecule has 0 aromatic rings. The fraction of sp³-hybridized carbons (Fsp3) is 0.706. The zero-order valence-corrected chi connectivity index (χ0v) is 24.8. The minimum Gasteiger partial charge on any atom is -0.345 e. The number of hydrogen-bond acceptors (Lipinski definition) is 4. The first kappa shape index (κ1) is 27.9. The molecule has 8 atom stereocenters. The van der Waals surface area contributed by atoms with Crippen molar-refractivity contribution in [3.8, 4) is 18.4 Å². The molecule has 0 aromatic carbocycles. The molecule has 3 fully saturated rings. The third-order valence-corrected chi connectivity index (χ3v) is 13.0. The highest BCUT2D eigenvalue weighted by molar-refractivity contribution is 6.04. The Hall–Kier alpha value is -2.66. The molecule has 0 aromatic heterocycles. The van der Waals surface area contributed by atoms with E-state index >= 15 is 0 Å². The molecule has 5 aliphatic rings. The number of nitriles is 1. The number of terminal acetylenes is 1. The van der Waals surface area contributed by atoms with Crippen LogP contribution in [0.4, 0.5) is 0 Å². The maximum Gasteiger partial charge on any atom is 0.226 e. The first-order valence-corrected chi connectivity index (χ1v) is 14.7. The van der Waals surface area contributed by atoms with E-state index in [0.29, 0.717) is 6.42 Å². The summed E-state index contributed by atoms with van der Waals surface area (Å²) >= 11 is 0. The van der Waals surface area contributed by atoms with E-state index in [9.17, 15) is 19.6 Å². The molecule has 0 spiro atoms. The van der Waals surface area contributed by atoms with E-state index in [1.54, 1.807) is 0 Å². The minimum absolute atomic E-state index is 0.00299. The predicted molar refractivity (Wildman–Crippen MR) is 151 cm³/mol. The Morgan fingerprint density at radius 2 is 1.72 bits per heavy atom. The summed E-state index contributed by atoms with van der Waals surface area (Å²) in [7, 11) is 0. The van der Waals surface area contributed by atoms with Gasteiger partial charge in [0, 0.05) is 22.2 Å². The van der Waals surface area contributed by atoms with Gasteiger partial charge >= 0.3 is 0 Å². The second-order valence-electron chi connectivity index (χ2n) is 15.2. The number of hydrogen-bond donors (Lipinski definition) is 1. The molecule has 39 heavy (non-hydrogen) atoms. The van der Waals surface area contributed by atoms with Gasteiger partial charge in [0.15, 0.2) is 11.6 Å². The molecule has 0 bridgehead atoms. The van der Waals surface area contributed by atoms with Crippen LogP contribution in [-0.4, -0.2) is 24.0 Å². The molecular weight excluding hydrogens is 484 g/mol. The van der Waals surface area contributed by atoms with E-state index in [4.69, 9.17) is 6.42 Å². The van der Waals surface area contributed by atoms with Gasteiger partial charge in [-0.05, 0) is 79.1 Å². The second-order valence-corrected chi connectivity index (χ2v) is 15.2. The summed E-state index contributed by atoms with van der Waals surface area (Å²) in [4.78, 5) is 40.9. The lowest BCUT2D eigenvalue weighted by Crippen LogP contribution is -2.65. The molecule has 0 saturated heterocycles. The Morgan fingerprint density at radius 1 is 1.05 bits per heavy atom. The highest BCUT2D eigenvalue weighted by atomic mass is 16.2. The number of nitrogens with zero attached hydrogens (tertiary/aromatic N) is 1. The number of Topliss-reactive ketones (excluding diaryl/α,β-unsaturated/α-hetero) is 1. The third-order valence-electron chi connectivity index (χ3n) is 13.0. The van der Waals surface area contributed by atoms with Gasteiger partial charge in [0.05, 0.1) is 12.1 Å². The van der Waals surface area contributed by atoms with E-state index in [-0.39, 0.29) is 63.6 Å². The van der Waals surface area contributed by atoms with Gasteiger partial charge in [-0.3, -0.25) is 14.4 Å². The zero-order chi connectivity index (χ0) is 28.8. The summed E-state index contributed by atoms with van der Waals surface area (Å²) in [6, 6.07) is 2.18. The summed E-state index contributed by atoms with van der Waals surface area (Å²) in [5, 5.41) is 12.8. The fourth-order valence-corrected chi connectivity index (χ4v) is 10.3. The topological polar surface area (TPSA) is 87.0 Å². The van der Waals surface area contributed by atoms with Gasteiger partial charge in [-0.1, -0.05) is 66.0 Å². The zero-order valence-electron chi connectivity index (χ0n) is 24.8. The average Bonchev–Trinajstić information content (AvgIpc) is 2.87. The normalized spacial score (nSPS) is 46.1. The lowest BCUT2D eigenvalue weighted by molar-refractivity contribution is -0.172. The number of allylic oxidation sites excluding steroid dienone is 4. The van der Waals surface area contributed by atoms with Crippen LogP contribution in [0.2, 0.25) is 0 Å². The lowest BCUT2D eigenvalue weighted by atomic mass is 9.34. The van der Waals surface area contributed by atoms with Crippen LogP contribution >= 0.6 is 0 Å². The van der Waals surface area contributed by atoms with Crippen LogP contribution in [0.3, 0.4) is 0 Å². The van der Waals surface area contributed by atoms with E-state index < -0.39 is 16.2 Å². The summed E-state index contributed by atoms with van der Waals surface area (Å²) in [5.41, 5.74) is -0.917. The monoisotopic (exact) mass is 528 g/mol. The number of carbonyl (C=O) groups is 3. The van der Waals surface area contributed by atoms with Gasteiger partial charge in [0.25, 0.3) is 0 Å². The number of fused-ring (bicyclic) bond motifs is 7. The van der Waals surface area contributed by atoms with Crippen molar-refractivity contribution in [1.29, 1.82) is 5.26 Å². The molecule has 208 valence electrons. The van der Waals surface area contributed by atoms with E-state index in [1.807, 2.05) is 32.9 Å². The number of rotatable bonds is 2. The molecule has 3 saturated carbocycles. The maximum atomic E-state index is 14.4. The second kappa shape index (κ2) is 8.42. The Kier molecular flexibility index (Phi) is 6.02. The molecule has 5 nitrogen and oxygen atoms in total. The third kappa shape index (κ3) is 3.47. The Balaban J connectivity index is 1.62. The van der Waals surface area contributed by atoms with Gasteiger partial charge < -0.3 is 5.32 Å². The average molecular weight is 529 g/mol. The highest BCUT2D eigenvalue weighted by Crippen LogP contribution is 2.74. The largest absolute Gasteiger partial charge is 0.345 e. The molecule has 5 aliphatic carbocycles. The van der Waals surface area contributed by atoms with E-state index in [2.05, 4.69) is 45.0 Å². The van der Waals surface area contributed by atoms with Gasteiger partial charge in [0.2, 0.25) is 5.91 Å². The van der Waals surface area contributed by atoms with Crippen LogP contribution < -0.4 is 5.32 Å². The Bertz CT molecular complexity index is 1310. The molecule has 1 N–H and O–H groups in total. The fourth-order valence-electron chi connectivity index (χ4n) is 10.3. The number of amides is 1. The molecule has 0 radical (unpaired) electrons.